The minimum absolute atomic E-state index is 0.494. The number of fused-ring (bicyclic) bond motifs is 1. The molecule has 0 atom stereocenters. The molecule has 0 saturated heterocycles. The third-order valence-corrected chi connectivity index (χ3v) is 2.99. The molecule has 0 aliphatic rings. The van der Waals surface area contributed by atoms with Crippen molar-refractivity contribution in [3.63, 3.8) is 0 Å². The fourth-order valence-corrected chi connectivity index (χ4v) is 2.10. The first kappa shape index (κ1) is 10.5. The summed E-state index contributed by atoms with van der Waals surface area (Å²) >= 11 is 11.9. The first-order valence-electron chi connectivity index (χ1n) is 4.66. The quantitative estimate of drug-likeness (QED) is 0.653. The van der Waals surface area contributed by atoms with Gasteiger partial charge in [0.25, 0.3) is 0 Å². The number of hydrogen-bond donors (Lipinski definition) is 0. The molecule has 0 unspecified atom stereocenters. The molecule has 0 nitrogen and oxygen atoms in total. The van der Waals surface area contributed by atoms with E-state index in [1.807, 2.05) is 36.4 Å². The Balaban J connectivity index is 2.86. The fourth-order valence-electron chi connectivity index (χ4n) is 1.70. The van der Waals surface area contributed by atoms with E-state index in [0.717, 1.165) is 26.9 Å². The normalized spacial score (nSPS) is 10.5. The van der Waals surface area contributed by atoms with Crippen molar-refractivity contribution < 1.29 is 0 Å². The third kappa shape index (κ3) is 1.88. The minimum Gasteiger partial charge on any atom is -0.122 e. The van der Waals surface area contributed by atoms with Crippen molar-refractivity contribution in [2.45, 2.75) is 5.88 Å². The Morgan fingerprint density at radius 1 is 1.13 bits per heavy atom. The molecular weight excluding hydrogens is 227 g/mol. The zero-order chi connectivity index (χ0) is 10.8. The molecule has 0 amide bonds. The summed E-state index contributed by atoms with van der Waals surface area (Å²) in [5.74, 6) is 0.494. The highest BCUT2D eigenvalue weighted by molar-refractivity contribution is 6.31. The summed E-state index contributed by atoms with van der Waals surface area (Å²) in [6, 6.07) is 9.88. The van der Waals surface area contributed by atoms with Crippen LogP contribution in [-0.4, -0.2) is 0 Å². The lowest BCUT2D eigenvalue weighted by atomic mass is 10.0. The van der Waals surface area contributed by atoms with E-state index in [0.29, 0.717) is 5.88 Å². The molecule has 0 aliphatic carbocycles. The Labute approximate surface area is 99.1 Å². The molecule has 0 spiro atoms. The summed E-state index contributed by atoms with van der Waals surface area (Å²) in [7, 11) is 0. The second-order valence-corrected chi connectivity index (χ2v) is 4.05. The number of rotatable bonds is 2. The molecule has 0 N–H and O–H groups in total. The molecule has 2 aromatic rings. The molecule has 0 radical (unpaired) electrons. The number of halogens is 2. The highest BCUT2D eigenvalue weighted by atomic mass is 35.5. The second-order valence-electron chi connectivity index (χ2n) is 3.34. The van der Waals surface area contributed by atoms with Crippen LogP contribution in [0.5, 0.6) is 0 Å². The van der Waals surface area contributed by atoms with Crippen molar-refractivity contribution in [3.05, 3.63) is 53.1 Å². The monoisotopic (exact) mass is 236 g/mol. The van der Waals surface area contributed by atoms with E-state index in [4.69, 9.17) is 23.2 Å². The van der Waals surface area contributed by atoms with Gasteiger partial charge in [-0.25, -0.2) is 0 Å². The molecule has 2 heteroatoms. The second kappa shape index (κ2) is 4.26. The zero-order valence-corrected chi connectivity index (χ0v) is 9.65. The van der Waals surface area contributed by atoms with Crippen LogP contribution in [0.1, 0.15) is 11.1 Å². The summed E-state index contributed by atoms with van der Waals surface area (Å²) in [5, 5.41) is 2.98. The standard InChI is InChI=1S/C13H10Cl2/c1-2-9-3-4-10(8-14)13-7-11(15)5-6-12(9)13/h2-7H,1,8H2. The maximum Gasteiger partial charge on any atom is 0.0480 e. The lowest BCUT2D eigenvalue weighted by Gasteiger charge is -2.07. The Morgan fingerprint density at radius 2 is 1.93 bits per heavy atom. The van der Waals surface area contributed by atoms with Crippen LogP contribution < -0.4 is 0 Å². The van der Waals surface area contributed by atoms with Gasteiger partial charge in [-0.3, -0.25) is 0 Å². The van der Waals surface area contributed by atoms with E-state index in [9.17, 15) is 0 Å². The van der Waals surface area contributed by atoms with Crippen LogP contribution in [0.2, 0.25) is 5.02 Å². The van der Waals surface area contributed by atoms with E-state index < -0.39 is 0 Å². The first-order valence-corrected chi connectivity index (χ1v) is 5.57. The van der Waals surface area contributed by atoms with Crippen LogP contribution in [0.4, 0.5) is 0 Å². The maximum atomic E-state index is 5.97. The van der Waals surface area contributed by atoms with E-state index in [1.165, 1.54) is 0 Å². The van der Waals surface area contributed by atoms with E-state index in [1.54, 1.807) is 0 Å². The lowest BCUT2D eigenvalue weighted by molar-refractivity contribution is 1.45. The largest absolute Gasteiger partial charge is 0.122 e. The van der Waals surface area contributed by atoms with E-state index >= 15 is 0 Å². The van der Waals surface area contributed by atoms with Crippen LogP contribution in [-0.2, 0) is 5.88 Å². The summed E-state index contributed by atoms with van der Waals surface area (Å²) in [5.41, 5.74) is 2.20. The van der Waals surface area contributed by atoms with Crippen molar-refractivity contribution in [2.24, 2.45) is 0 Å². The van der Waals surface area contributed by atoms with Gasteiger partial charge in [-0.05, 0) is 34.0 Å². The van der Waals surface area contributed by atoms with Gasteiger partial charge in [-0.2, -0.15) is 0 Å². The molecular formula is C13H10Cl2. The predicted molar refractivity (Wildman–Crippen MR) is 68.6 cm³/mol. The first-order chi connectivity index (χ1) is 7.26. The van der Waals surface area contributed by atoms with Crippen molar-refractivity contribution >= 4 is 40.1 Å². The van der Waals surface area contributed by atoms with Crippen LogP contribution >= 0.6 is 23.2 Å². The highest BCUT2D eigenvalue weighted by Gasteiger charge is 2.03. The maximum absolute atomic E-state index is 5.97. The van der Waals surface area contributed by atoms with Crippen LogP contribution in [0.15, 0.2) is 36.9 Å². The molecule has 15 heavy (non-hydrogen) atoms. The summed E-state index contributed by atoms with van der Waals surface area (Å²) in [6.07, 6.45) is 1.84. The van der Waals surface area contributed by atoms with Gasteiger partial charge in [0, 0.05) is 10.9 Å². The van der Waals surface area contributed by atoms with Crippen LogP contribution in [0.25, 0.3) is 16.8 Å². The molecule has 0 fully saturated rings. The Morgan fingerprint density at radius 3 is 2.60 bits per heavy atom. The molecule has 0 bridgehead atoms. The SMILES string of the molecule is C=Cc1ccc(CCl)c2cc(Cl)ccc12. The molecule has 0 heterocycles. The van der Waals surface area contributed by atoms with E-state index in [2.05, 4.69) is 6.58 Å². The molecule has 0 aromatic heterocycles. The lowest BCUT2D eigenvalue weighted by Crippen LogP contribution is -1.85. The number of alkyl halides is 1. The summed E-state index contributed by atoms with van der Waals surface area (Å²) in [4.78, 5) is 0. The number of hydrogen-bond acceptors (Lipinski definition) is 0. The minimum atomic E-state index is 0.494. The van der Waals surface area contributed by atoms with Crippen molar-refractivity contribution in [1.82, 2.24) is 0 Å². The van der Waals surface area contributed by atoms with Gasteiger partial charge in [0.15, 0.2) is 0 Å². The Kier molecular flexibility index (Phi) is 2.99. The topological polar surface area (TPSA) is 0 Å². The van der Waals surface area contributed by atoms with Gasteiger partial charge in [0.1, 0.15) is 0 Å². The van der Waals surface area contributed by atoms with Crippen molar-refractivity contribution in [2.75, 3.05) is 0 Å². The molecule has 0 saturated carbocycles. The Hall–Kier alpha value is -0.980. The average molecular weight is 237 g/mol. The smallest absolute Gasteiger partial charge is 0.0480 e. The predicted octanol–water partition coefficient (Wildman–Crippen LogP) is 4.88. The molecule has 2 aromatic carbocycles. The van der Waals surface area contributed by atoms with Gasteiger partial charge in [0.05, 0.1) is 0 Å². The van der Waals surface area contributed by atoms with Crippen molar-refractivity contribution in [3.8, 4) is 0 Å². The summed E-state index contributed by atoms with van der Waals surface area (Å²) < 4.78 is 0. The van der Waals surface area contributed by atoms with Gasteiger partial charge < -0.3 is 0 Å². The van der Waals surface area contributed by atoms with Gasteiger partial charge in [0.2, 0.25) is 0 Å². The van der Waals surface area contributed by atoms with E-state index in [-0.39, 0.29) is 0 Å². The van der Waals surface area contributed by atoms with Crippen LogP contribution in [0.3, 0.4) is 0 Å². The highest BCUT2D eigenvalue weighted by Crippen LogP contribution is 2.27. The Bertz CT molecular complexity index is 515. The molecule has 0 aliphatic heterocycles. The summed E-state index contributed by atoms with van der Waals surface area (Å²) in [6.45, 7) is 3.79. The average Bonchev–Trinajstić information content (AvgIpc) is 2.27. The molecule has 76 valence electrons. The molecule has 2 rings (SSSR count). The zero-order valence-electron chi connectivity index (χ0n) is 8.13. The van der Waals surface area contributed by atoms with Crippen LogP contribution in [0, 0.1) is 0 Å². The van der Waals surface area contributed by atoms with Crippen molar-refractivity contribution in [1.29, 1.82) is 0 Å². The fraction of sp³-hybridized carbons (Fsp3) is 0.0769. The van der Waals surface area contributed by atoms with Gasteiger partial charge in [-0.1, -0.05) is 42.5 Å². The third-order valence-electron chi connectivity index (χ3n) is 2.47. The van der Waals surface area contributed by atoms with Gasteiger partial charge >= 0.3 is 0 Å². The van der Waals surface area contributed by atoms with Gasteiger partial charge in [-0.15, -0.1) is 11.6 Å². The number of benzene rings is 2.